The van der Waals surface area contributed by atoms with Crippen LogP contribution in [0.25, 0.3) is 0 Å². The van der Waals surface area contributed by atoms with E-state index in [1.807, 2.05) is 20.8 Å². The van der Waals surface area contributed by atoms with Gasteiger partial charge in [0.2, 0.25) is 0 Å². The third-order valence-corrected chi connectivity index (χ3v) is 3.34. The maximum absolute atomic E-state index is 5.84. The smallest absolute Gasteiger partial charge is 0.162 e. The first kappa shape index (κ1) is 14.9. The van der Waals surface area contributed by atoms with E-state index in [0.717, 1.165) is 35.9 Å². The zero-order chi connectivity index (χ0) is 13.8. The summed E-state index contributed by atoms with van der Waals surface area (Å²) in [5, 5.41) is 3.29. The molecule has 1 atom stereocenters. The Bertz CT molecular complexity index is 406. The number of nitrogens with one attached hydrogen (secondary N) is 1. The summed E-state index contributed by atoms with van der Waals surface area (Å²) in [4.78, 5) is 9.24. The maximum Gasteiger partial charge on any atom is 0.162 e. The summed E-state index contributed by atoms with van der Waals surface area (Å²) >= 11 is 0. The summed E-state index contributed by atoms with van der Waals surface area (Å²) in [5.74, 6) is 1.69. The Hall–Kier alpha value is -1.16. The molecule has 0 aromatic carbocycles. The Morgan fingerprint density at radius 2 is 1.83 bits per heavy atom. The van der Waals surface area contributed by atoms with Crippen LogP contribution in [-0.4, -0.2) is 23.1 Å². The van der Waals surface area contributed by atoms with Crippen molar-refractivity contribution in [2.24, 2.45) is 0 Å². The summed E-state index contributed by atoms with van der Waals surface area (Å²) in [6, 6.07) is 0. The van der Waals surface area contributed by atoms with E-state index in [-0.39, 0.29) is 0 Å². The van der Waals surface area contributed by atoms with Gasteiger partial charge in [0.1, 0.15) is 11.4 Å². The largest absolute Gasteiger partial charge is 0.370 e. The Kier molecular flexibility index (Phi) is 5.08. The Balaban J connectivity index is 3.23. The van der Waals surface area contributed by atoms with Gasteiger partial charge in [-0.1, -0.05) is 6.92 Å². The number of ether oxygens (including phenoxy) is 1. The van der Waals surface area contributed by atoms with Gasteiger partial charge >= 0.3 is 0 Å². The lowest BCUT2D eigenvalue weighted by molar-refractivity contribution is -0.0390. The summed E-state index contributed by atoms with van der Waals surface area (Å²) in [6.45, 7) is 13.8. The SMILES string of the molecule is CCNc1nc(C(C)(CC)OCC)nc(C)c1C. The molecule has 1 heterocycles. The third-order valence-electron chi connectivity index (χ3n) is 3.34. The van der Waals surface area contributed by atoms with Gasteiger partial charge in [-0.15, -0.1) is 0 Å². The highest BCUT2D eigenvalue weighted by Crippen LogP contribution is 2.28. The highest BCUT2D eigenvalue weighted by Gasteiger charge is 2.29. The molecule has 0 aliphatic carbocycles. The van der Waals surface area contributed by atoms with Crippen LogP contribution in [0.4, 0.5) is 5.82 Å². The quantitative estimate of drug-likeness (QED) is 0.843. The van der Waals surface area contributed by atoms with Crippen LogP contribution in [0.1, 0.15) is 51.2 Å². The van der Waals surface area contributed by atoms with E-state index in [2.05, 4.69) is 36.1 Å². The summed E-state index contributed by atoms with van der Waals surface area (Å²) in [6.07, 6.45) is 0.856. The molecule has 0 saturated carbocycles. The van der Waals surface area contributed by atoms with Gasteiger partial charge in [-0.05, 0) is 41.0 Å². The van der Waals surface area contributed by atoms with Crippen molar-refractivity contribution < 1.29 is 4.74 Å². The second-order valence-corrected chi connectivity index (χ2v) is 4.65. The fraction of sp³-hybridized carbons (Fsp3) is 0.714. The van der Waals surface area contributed by atoms with Crippen molar-refractivity contribution in [2.75, 3.05) is 18.5 Å². The van der Waals surface area contributed by atoms with Crippen LogP contribution in [0.5, 0.6) is 0 Å². The third kappa shape index (κ3) is 2.99. The standard InChI is InChI=1S/C14H25N3O/c1-7-14(6,18-9-3)13-16-11(5)10(4)12(17-13)15-8-2/h7-9H2,1-6H3,(H,15,16,17). The molecule has 0 aliphatic heterocycles. The average Bonchev–Trinajstić information content (AvgIpc) is 2.35. The number of rotatable bonds is 6. The van der Waals surface area contributed by atoms with Crippen molar-refractivity contribution >= 4 is 5.82 Å². The van der Waals surface area contributed by atoms with Crippen LogP contribution in [-0.2, 0) is 10.3 Å². The van der Waals surface area contributed by atoms with E-state index in [4.69, 9.17) is 4.74 Å². The number of hydrogen-bond donors (Lipinski definition) is 1. The molecular weight excluding hydrogens is 226 g/mol. The zero-order valence-corrected chi connectivity index (χ0v) is 12.4. The predicted molar refractivity (Wildman–Crippen MR) is 74.9 cm³/mol. The number of hydrogen-bond acceptors (Lipinski definition) is 4. The van der Waals surface area contributed by atoms with Crippen molar-refractivity contribution in [3.05, 3.63) is 17.1 Å². The van der Waals surface area contributed by atoms with E-state index in [1.54, 1.807) is 0 Å². The minimum absolute atomic E-state index is 0.405. The van der Waals surface area contributed by atoms with Crippen molar-refractivity contribution in [1.82, 2.24) is 9.97 Å². The van der Waals surface area contributed by atoms with Gasteiger partial charge in [0.05, 0.1) is 0 Å². The lowest BCUT2D eigenvalue weighted by Crippen LogP contribution is -2.29. The molecule has 0 aliphatic rings. The zero-order valence-electron chi connectivity index (χ0n) is 12.4. The van der Waals surface area contributed by atoms with Gasteiger partial charge in [-0.25, -0.2) is 9.97 Å². The Morgan fingerprint density at radius 3 is 2.33 bits per heavy atom. The fourth-order valence-electron chi connectivity index (χ4n) is 1.85. The lowest BCUT2D eigenvalue weighted by Gasteiger charge is -2.27. The van der Waals surface area contributed by atoms with Crippen molar-refractivity contribution in [3.8, 4) is 0 Å². The van der Waals surface area contributed by atoms with Gasteiger partial charge < -0.3 is 10.1 Å². The molecule has 0 fully saturated rings. The number of anilines is 1. The molecule has 0 spiro atoms. The van der Waals surface area contributed by atoms with Crippen molar-refractivity contribution in [2.45, 2.75) is 53.6 Å². The van der Waals surface area contributed by atoms with E-state index >= 15 is 0 Å². The normalized spacial score (nSPS) is 14.3. The molecule has 0 amide bonds. The minimum Gasteiger partial charge on any atom is -0.370 e. The van der Waals surface area contributed by atoms with Gasteiger partial charge in [0.25, 0.3) is 0 Å². The molecule has 0 saturated heterocycles. The maximum atomic E-state index is 5.84. The first-order valence-corrected chi connectivity index (χ1v) is 6.72. The van der Waals surface area contributed by atoms with Gasteiger partial charge in [0, 0.05) is 24.4 Å². The molecule has 1 aromatic rings. The monoisotopic (exact) mass is 251 g/mol. The second kappa shape index (κ2) is 6.14. The van der Waals surface area contributed by atoms with Crippen LogP contribution in [0, 0.1) is 13.8 Å². The molecular formula is C14H25N3O. The van der Waals surface area contributed by atoms with E-state index < -0.39 is 5.60 Å². The molecule has 1 unspecified atom stereocenters. The van der Waals surface area contributed by atoms with Crippen molar-refractivity contribution in [1.29, 1.82) is 0 Å². The molecule has 0 radical (unpaired) electrons. The van der Waals surface area contributed by atoms with E-state index in [0.29, 0.717) is 6.61 Å². The lowest BCUT2D eigenvalue weighted by atomic mass is 10.0. The van der Waals surface area contributed by atoms with Crippen LogP contribution >= 0.6 is 0 Å². The first-order chi connectivity index (χ1) is 8.48. The van der Waals surface area contributed by atoms with Crippen LogP contribution in [0.15, 0.2) is 0 Å². The van der Waals surface area contributed by atoms with Gasteiger partial charge in [0.15, 0.2) is 5.82 Å². The topological polar surface area (TPSA) is 47.0 Å². The minimum atomic E-state index is -0.405. The van der Waals surface area contributed by atoms with E-state index in [9.17, 15) is 0 Å². The highest BCUT2D eigenvalue weighted by atomic mass is 16.5. The molecule has 1 aromatic heterocycles. The van der Waals surface area contributed by atoms with Crippen LogP contribution < -0.4 is 5.32 Å². The molecule has 4 nitrogen and oxygen atoms in total. The highest BCUT2D eigenvalue weighted by molar-refractivity contribution is 5.45. The molecule has 1 N–H and O–H groups in total. The number of nitrogens with zero attached hydrogens (tertiary/aromatic N) is 2. The Labute approximate surface area is 110 Å². The number of aromatic nitrogens is 2. The first-order valence-electron chi connectivity index (χ1n) is 6.72. The molecule has 102 valence electrons. The fourth-order valence-corrected chi connectivity index (χ4v) is 1.85. The summed E-state index contributed by atoms with van der Waals surface area (Å²) in [7, 11) is 0. The van der Waals surface area contributed by atoms with Crippen LogP contribution in [0.2, 0.25) is 0 Å². The summed E-state index contributed by atoms with van der Waals surface area (Å²) in [5.41, 5.74) is 1.71. The molecule has 1 rings (SSSR count). The predicted octanol–water partition coefficient (Wildman–Crippen LogP) is 3.19. The van der Waals surface area contributed by atoms with Gasteiger partial charge in [-0.2, -0.15) is 0 Å². The number of aryl methyl sites for hydroxylation is 1. The van der Waals surface area contributed by atoms with E-state index in [1.165, 1.54) is 0 Å². The molecule has 18 heavy (non-hydrogen) atoms. The second-order valence-electron chi connectivity index (χ2n) is 4.65. The Morgan fingerprint density at radius 1 is 1.17 bits per heavy atom. The van der Waals surface area contributed by atoms with Crippen LogP contribution in [0.3, 0.4) is 0 Å². The molecule has 0 bridgehead atoms. The van der Waals surface area contributed by atoms with Gasteiger partial charge in [-0.3, -0.25) is 0 Å². The van der Waals surface area contributed by atoms with Crippen molar-refractivity contribution in [3.63, 3.8) is 0 Å². The molecule has 4 heteroatoms. The average molecular weight is 251 g/mol. The summed E-state index contributed by atoms with van der Waals surface area (Å²) < 4.78 is 5.84.